The minimum atomic E-state index is 0.322. The molecule has 0 saturated carbocycles. The van der Waals surface area contributed by atoms with E-state index in [1.54, 1.807) is 24.3 Å². The Kier molecular flexibility index (Phi) is 9.33. The third-order valence-corrected chi connectivity index (χ3v) is 1.77. The summed E-state index contributed by atoms with van der Waals surface area (Å²) in [5.74, 6) is 0.322. The number of aliphatic hydroxyl groups is 1. The average molecular weight is 196 g/mol. The molecule has 2 nitrogen and oxygen atoms in total. The second-order valence-electron chi connectivity index (χ2n) is 3.12. The van der Waals surface area contributed by atoms with Crippen LogP contribution in [-0.2, 0) is 0 Å². The maximum absolute atomic E-state index is 8.63. The number of hydrogen-bond donors (Lipinski definition) is 2. The smallest absolute Gasteiger partial charge is 0.115 e. The molecule has 0 radical (unpaired) electrons. The second kappa shape index (κ2) is 10.1. The fourth-order valence-electron chi connectivity index (χ4n) is 0.967. The Labute approximate surface area is 86.2 Å². The van der Waals surface area contributed by atoms with Crippen LogP contribution in [0.4, 0.5) is 0 Å². The Bertz CT molecular complexity index is 193. The first-order valence-electron chi connectivity index (χ1n) is 5.16. The van der Waals surface area contributed by atoms with Crippen LogP contribution in [0.15, 0.2) is 30.3 Å². The topological polar surface area (TPSA) is 40.5 Å². The molecule has 1 rings (SSSR count). The summed E-state index contributed by atoms with van der Waals surface area (Å²) in [7, 11) is 0. The Balaban J connectivity index is 0.000000241. The number of unbranched alkanes of at least 4 members (excludes halogenated alkanes) is 3. The van der Waals surface area contributed by atoms with Crippen LogP contribution in [0.3, 0.4) is 0 Å². The standard InChI is InChI=1S/C6H6O.C6H14O/c7-6-4-2-1-3-5-6;1-2-3-4-5-6-7/h1-5,7H;7H,2-6H2,1H3. The Morgan fingerprint density at radius 1 is 1.00 bits per heavy atom. The predicted octanol–water partition coefficient (Wildman–Crippen LogP) is 2.95. The highest BCUT2D eigenvalue weighted by Gasteiger charge is 1.80. The Hall–Kier alpha value is -1.02. The number of benzene rings is 1. The zero-order chi connectivity index (χ0) is 10.6. The number of aliphatic hydroxyl groups excluding tert-OH is 1. The van der Waals surface area contributed by atoms with E-state index in [9.17, 15) is 0 Å². The number of para-hydroxylation sites is 1. The largest absolute Gasteiger partial charge is 0.508 e. The summed E-state index contributed by atoms with van der Waals surface area (Å²) in [4.78, 5) is 0. The molecule has 0 heterocycles. The van der Waals surface area contributed by atoms with Gasteiger partial charge in [-0.05, 0) is 18.6 Å². The first kappa shape index (κ1) is 13.0. The van der Waals surface area contributed by atoms with E-state index in [0.717, 1.165) is 6.42 Å². The molecule has 0 atom stereocenters. The third-order valence-electron chi connectivity index (χ3n) is 1.77. The van der Waals surface area contributed by atoms with Gasteiger partial charge < -0.3 is 10.2 Å². The number of rotatable bonds is 4. The van der Waals surface area contributed by atoms with Crippen LogP contribution in [-0.4, -0.2) is 16.8 Å². The molecule has 0 bridgehead atoms. The second-order valence-corrected chi connectivity index (χ2v) is 3.12. The zero-order valence-corrected chi connectivity index (χ0v) is 8.82. The molecule has 0 unspecified atom stereocenters. The molecule has 80 valence electrons. The first-order chi connectivity index (χ1) is 6.81. The molecule has 1 aromatic rings. The molecule has 1 aromatic carbocycles. The molecule has 0 fully saturated rings. The molecule has 14 heavy (non-hydrogen) atoms. The van der Waals surface area contributed by atoms with Crippen molar-refractivity contribution < 1.29 is 10.2 Å². The lowest BCUT2D eigenvalue weighted by Crippen LogP contribution is -1.80. The van der Waals surface area contributed by atoms with Crippen LogP contribution in [0.2, 0.25) is 0 Å². The third kappa shape index (κ3) is 9.07. The van der Waals surface area contributed by atoms with Crippen molar-refractivity contribution in [1.82, 2.24) is 0 Å². The summed E-state index contributed by atoms with van der Waals surface area (Å²) in [6.45, 7) is 2.53. The number of phenolic OH excluding ortho intramolecular Hbond substituents is 1. The monoisotopic (exact) mass is 196 g/mol. The zero-order valence-electron chi connectivity index (χ0n) is 8.82. The average Bonchev–Trinajstić information content (AvgIpc) is 2.21. The lowest BCUT2D eigenvalue weighted by Gasteiger charge is -1.90. The van der Waals surface area contributed by atoms with Crippen molar-refractivity contribution in [1.29, 1.82) is 0 Å². The van der Waals surface area contributed by atoms with Crippen molar-refractivity contribution in [3.8, 4) is 5.75 Å². The fourth-order valence-corrected chi connectivity index (χ4v) is 0.967. The van der Waals surface area contributed by atoms with E-state index in [1.807, 2.05) is 6.07 Å². The van der Waals surface area contributed by atoms with Crippen LogP contribution in [0, 0.1) is 0 Å². The van der Waals surface area contributed by atoms with Crippen LogP contribution in [0.5, 0.6) is 5.75 Å². The molecular formula is C12H20O2. The van der Waals surface area contributed by atoms with Gasteiger partial charge in [0, 0.05) is 6.61 Å². The van der Waals surface area contributed by atoms with Gasteiger partial charge in [-0.25, -0.2) is 0 Å². The van der Waals surface area contributed by atoms with Gasteiger partial charge in [0.05, 0.1) is 0 Å². The van der Waals surface area contributed by atoms with Crippen LogP contribution < -0.4 is 0 Å². The van der Waals surface area contributed by atoms with Crippen molar-refractivity contribution in [3.05, 3.63) is 30.3 Å². The van der Waals surface area contributed by atoms with E-state index in [1.165, 1.54) is 19.3 Å². The van der Waals surface area contributed by atoms with E-state index < -0.39 is 0 Å². The quantitative estimate of drug-likeness (QED) is 0.727. The van der Waals surface area contributed by atoms with Crippen molar-refractivity contribution in [3.63, 3.8) is 0 Å². The van der Waals surface area contributed by atoms with E-state index in [0.29, 0.717) is 12.4 Å². The Morgan fingerprint density at radius 3 is 2.00 bits per heavy atom. The van der Waals surface area contributed by atoms with Gasteiger partial charge in [-0.15, -0.1) is 0 Å². The predicted molar refractivity (Wildman–Crippen MR) is 59.3 cm³/mol. The van der Waals surface area contributed by atoms with Gasteiger partial charge in [0.15, 0.2) is 0 Å². The van der Waals surface area contributed by atoms with Gasteiger partial charge in [-0.1, -0.05) is 44.4 Å². The van der Waals surface area contributed by atoms with Gasteiger partial charge in [0.2, 0.25) is 0 Å². The molecule has 2 N–H and O–H groups in total. The molecule has 0 spiro atoms. The summed E-state index contributed by atoms with van der Waals surface area (Å²) >= 11 is 0. The molecule has 0 aliphatic carbocycles. The van der Waals surface area contributed by atoms with Crippen molar-refractivity contribution in [2.45, 2.75) is 32.6 Å². The number of hydrogen-bond acceptors (Lipinski definition) is 2. The highest BCUT2D eigenvalue weighted by atomic mass is 16.3. The molecule has 0 aliphatic heterocycles. The summed E-state index contributed by atoms with van der Waals surface area (Å²) in [5.41, 5.74) is 0. The lowest BCUT2D eigenvalue weighted by atomic mass is 10.2. The minimum Gasteiger partial charge on any atom is -0.508 e. The van der Waals surface area contributed by atoms with E-state index in [4.69, 9.17) is 10.2 Å². The van der Waals surface area contributed by atoms with Gasteiger partial charge in [-0.3, -0.25) is 0 Å². The highest BCUT2D eigenvalue weighted by Crippen LogP contribution is 2.02. The molecule has 0 saturated heterocycles. The Morgan fingerprint density at radius 2 is 1.64 bits per heavy atom. The molecule has 0 amide bonds. The van der Waals surface area contributed by atoms with Crippen molar-refractivity contribution in [2.75, 3.05) is 6.61 Å². The highest BCUT2D eigenvalue weighted by molar-refractivity contribution is 5.18. The van der Waals surface area contributed by atoms with Gasteiger partial charge in [0.1, 0.15) is 5.75 Å². The van der Waals surface area contributed by atoms with Gasteiger partial charge >= 0.3 is 0 Å². The van der Waals surface area contributed by atoms with E-state index in [-0.39, 0.29) is 0 Å². The summed E-state index contributed by atoms with van der Waals surface area (Å²) in [5, 5.41) is 16.9. The van der Waals surface area contributed by atoms with Gasteiger partial charge in [-0.2, -0.15) is 0 Å². The molecule has 0 aromatic heterocycles. The van der Waals surface area contributed by atoms with Crippen LogP contribution in [0.1, 0.15) is 32.6 Å². The minimum absolute atomic E-state index is 0.322. The molecule has 2 heteroatoms. The molecule has 0 aliphatic rings. The van der Waals surface area contributed by atoms with E-state index >= 15 is 0 Å². The normalized spacial score (nSPS) is 9.00. The van der Waals surface area contributed by atoms with Gasteiger partial charge in [0.25, 0.3) is 0 Å². The van der Waals surface area contributed by atoms with Crippen LogP contribution in [0.25, 0.3) is 0 Å². The molecular weight excluding hydrogens is 176 g/mol. The SMILES string of the molecule is CCCCCCO.Oc1ccccc1. The summed E-state index contributed by atoms with van der Waals surface area (Å²) in [6, 6.07) is 8.71. The first-order valence-corrected chi connectivity index (χ1v) is 5.16. The summed E-state index contributed by atoms with van der Waals surface area (Å²) < 4.78 is 0. The number of aromatic hydroxyl groups is 1. The van der Waals surface area contributed by atoms with Crippen molar-refractivity contribution in [2.24, 2.45) is 0 Å². The fraction of sp³-hybridized carbons (Fsp3) is 0.500. The van der Waals surface area contributed by atoms with Crippen molar-refractivity contribution >= 4 is 0 Å². The van der Waals surface area contributed by atoms with Crippen LogP contribution >= 0.6 is 0 Å². The maximum Gasteiger partial charge on any atom is 0.115 e. The maximum atomic E-state index is 8.63. The summed E-state index contributed by atoms with van der Waals surface area (Å²) in [6.07, 6.45) is 4.68. The number of phenols is 1. The van der Waals surface area contributed by atoms with E-state index in [2.05, 4.69) is 6.92 Å². The lowest BCUT2D eigenvalue weighted by molar-refractivity contribution is 0.283.